The van der Waals surface area contributed by atoms with Gasteiger partial charge in [-0.1, -0.05) is 6.07 Å². The number of nitrogens with zero attached hydrogens (tertiary/aromatic N) is 4. The first-order valence-corrected chi connectivity index (χ1v) is 8.41. The van der Waals surface area contributed by atoms with Gasteiger partial charge in [0.25, 0.3) is 0 Å². The zero-order valence-electron chi connectivity index (χ0n) is 15.1. The largest absolute Gasteiger partial charge is 0.366 e. The number of amides is 1. The summed E-state index contributed by atoms with van der Waals surface area (Å²) in [6.07, 6.45) is 8.28. The Balaban J connectivity index is 1.98. The molecule has 27 heavy (non-hydrogen) atoms. The molecule has 0 radical (unpaired) electrons. The molecule has 3 aromatic heterocycles. The van der Waals surface area contributed by atoms with E-state index in [4.69, 9.17) is 10.6 Å². The molecule has 1 amide bonds. The zero-order chi connectivity index (χ0) is 19.2. The van der Waals surface area contributed by atoms with Gasteiger partial charge in [-0.2, -0.15) is 5.10 Å². The minimum Gasteiger partial charge on any atom is -0.366 e. The number of aromatic nitrogens is 4. The van der Waals surface area contributed by atoms with E-state index in [0.29, 0.717) is 23.7 Å². The molecule has 8 nitrogen and oxygen atoms in total. The fourth-order valence-electron chi connectivity index (χ4n) is 2.49. The third kappa shape index (κ3) is 4.36. The van der Waals surface area contributed by atoms with Crippen LogP contribution in [0.2, 0.25) is 0 Å². The van der Waals surface area contributed by atoms with Crippen LogP contribution in [0.4, 0.5) is 0 Å². The van der Waals surface area contributed by atoms with Crippen LogP contribution >= 0.6 is 0 Å². The van der Waals surface area contributed by atoms with Gasteiger partial charge in [-0.25, -0.2) is 9.67 Å². The summed E-state index contributed by atoms with van der Waals surface area (Å²) < 4.78 is 1.72. The van der Waals surface area contributed by atoms with Crippen LogP contribution in [0.1, 0.15) is 18.2 Å². The second-order valence-electron chi connectivity index (χ2n) is 5.74. The summed E-state index contributed by atoms with van der Waals surface area (Å²) in [4.78, 5) is 25.4. The maximum Gasteiger partial charge on any atom is 0.243 e. The highest BCUT2D eigenvalue weighted by molar-refractivity contribution is 5.93. The predicted molar refractivity (Wildman–Crippen MR) is 101 cm³/mol. The van der Waals surface area contributed by atoms with Crippen LogP contribution in [-0.2, 0) is 9.63 Å². The summed E-state index contributed by atoms with van der Waals surface area (Å²) >= 11 is 0. The topological polar surface area (TPSA) is 108 Å². The normalized spacial score (nSPS) is 11.4. The van der Waals surface area contributed by atoms with E-state index >= 15 is 0 Å². The van der Waals surface area contributed by atoms with Crippen LogP contribution in [0, 0.1) is 6.92 Å². The molecule has 0 aliphatic carbocycles. The predicted octanol–water partition coefficient (Wildman–Crippen LogP) is 2.01. The maximum atomic E-state index is 11.4. The number of rotatable bonds is 7. The number of hydroxylamine groups is 1. The van der Waals surface area contributed by atoms with Crippen molar-refractivity contribution < 1.29 is 9.63 Å². The quantitative estimate of drug-likeness (QED) is 0.490. The smallest absolute Gasteiger partial charge is 0.243 e. The second kappa shape index (κ2) is 8.24. The lowest BCUT2D eigenvalue weighted by Crippen LogP contribution is -2.18. The number of aryl methyl sites for hydroxylation is 1. The lowest BCUT2D eigenvalue weighted by atomic mass is 10.1. The minimum atomic E-state index is -0.590. The van der Waals surface area contributed by atoms with E-state index < -0.39 is 5.91 Å². The molecule has 3 heterocycles. The summed E-state index contributed by atoms with van der Waals surface area (Å²) in [6, 6.07) is 7.57. The molecule has 8 heteroatoms. The number of primary amides is 1. The summed E-state index contributed by atoms with van der Waals surface area (Å²) in [5, 5.41) is 4.37. The van der Waals surface area contributed by atoms with Crippen molar-refractivity contribution in [3.8, 4) is 16.9 Å². The molecule has 0 aliphatic heterocycles. The molecular formula is C19H20N6O2. The summed E-state index contributed by atoms with van der Waals surface area (Å²) in [7, 11) is 0. The number of nitrogens with two attached hydrogens (primary N) is 1. The van der Waals surface area contributed by atoms with Gasteiger partial charge >= 0.3 is 0 Å². The lowest BCUT2D eigenvalue weighted by Gasteiger charge is -2.12. The number of nitrogens with one attached hydrogen (secondary N) is 1. The van der Waals surface area contributed by atoms with Gasteiger partial charge in [0.1, 0.15) is 0 Å². The van der Waals surface area contributed by atoms with Crippen molar-refractivity contribution in [3.05, 3.63) is 66.4 Å². The molecule has 3 rings (SSSR count). The average molecular weight is 364 g/mol. The molecule has 0 spiro atoms. The standard InChI is InChI=1S/C19H20N6O2/c1-3-27-24-17(9-18(20)26)19-13(2)6-7-16(23-19)14-10-22-25(12-14)15-5-4-8-21-11-15/h4-12,24H,3H2,1-2H3,(H2,20,26)/b17-9+. The second-order valence-corrected chi connectivity index (χ2v) is 5.74. The van der Waals surface area contributed by atoms with E-state index in [1.54, 1.807) is 23.3 Å². The van der Waals surface area contributed by atoms with Crippen molar-refractivity contribution in [2.75, 3.05) is 6.61 Å². The van der Waals surface area contributed by atoms with E-state index in [1.807, 2.05) is 44.3 Å². The van der Waals surface area contributed by atoms with Gasteiger partial charge in [0.05, 0.1) is 41.8 Å². The third-order valence-corrected chi connectivity index (χ3v) is 3.75. The highest BCUT2D eigenvalue weighted by atomic mass is 16.6. The molecule has 138 valence electrons. The van der Waals surface area contributed by atoms with Crippen molar-refractivity contribution in [2.24, 2.45) is 5.73 Å². The van der Waals surface area contributed by atoms with Gasteiger partial charge < -0.3 is 5.73 Å². The monoisotopic (exact) mass is 364 g/mol. The first-order valence-electron chi connectivity index (χ1n) is 8.41. The van der Waals surface area contributed by atoms with E-state index in [-0.39, 0.29) is 0 Å². The van der Waals surface area contributed by atoms with E-state index in [9.17, 15) is 4.79 Å². The van der Waals surface area contributed by atoms with Crippen LogP contribution in [0.3, 0.4) is 0 Å². The van der Waals surface area contributed by atoms with Gasteiger partial charge in [0.2, 0.25) is 5.91 Å². The van der Waals surface area contributed by atoms with E-state index in [2.05, 4.69) is 20.5 Å². The molecule has 0 atom stereocenters. The van der Waals surface area contributed by atoms with Crippen LogP contribution in [-0.4, -0.2) is 32.3 Å². The number of hydrogen-bond acceptors (Lipinski definition) is 6. The van der Waals surface area contributed by atoms with Crippen molar-refractivity contribution in [2.45, 2.75) is 13.8 Å². The molecule has 0 aliphatic rings. The minimum absolute atomic E-state index is 0.406. The number of hydrogen-bond donors (Lipinski definition) is 2. The Morgan fingerprint density at radius 3 is 2.89 bits per heavy atom. The van der Waals surface area contributed by atoms with Crippen molar-refractivity contribution in [3.63, 3.8) is 0 Å². The Morgan fingerprint density at radius 2 is 2.19 bits per heavy atom. The van der Waals surface area contributed by atoms with Gasteiger partial charge in [-0.3, -0.25) is 20.1 Å². The van der Waals surface area contributed by atoms with Gasteiger partial charge in [-0.05, 0) is 37.6 Å². The van der Waals surface area contributed by atoms with Crippen LogP contribution in [0.5, 0.6) is 0 Å². The molecule has 3 aromatic rings. The Bertz CT molecular complexity index is 965. The molecule has 0 unspecified atom stereocenters. The summed E-state index contributed by atoms with van der Waals surface area (Å²) in [5.41, 5.74) is 12.3. The van der Waals surface area contributed by atoms with Crippen LogP contribution in [0.15, 0.2) is 55.1 Å². The highest BCUT2D eigenvalue weighted by Crippen LogP contribution is 2.22. The zero-order valence-corrected chi connectivity index (χ0v) is 15.1. The number of carbonyl (C=O) groups excluding carboxylic acids is 1. The average Bonchev–Trinajstić information content (AvgIpc) is 3.16. The Labute approximate surface area is 156 Å². The molecule has 0 bridgehead atoms. The molecule has 0 saturated carbocycles. The molecule has 0 saturated heterocycles. The van der Waals surface area contributed by atoms with E-state index in [1.165, 1.54) is 6.08 Å². The Hall–Kier alpha value is -3.52. The fraction of sp³-hybridized carbons (Fsp3) is 0.158. The summed E-state index contributed by atoms with van der Waals surface area (Å²) in [6.45, 7) is 4.15. The maximum absolute atomic E-state index is 11.4. The Morgan fingerprint density at radius 1 is 1.33 bits per heavy atom. The van der Waals surface area contributed by atoms with Gasteiger partial charge in [-0.15, -0.1) is 0 Å². The summed E-state index contributed by atoms with van der Waals surface area (Å²) in [5.74, 6) is -0.590. The highest BCUT2D eigenvalue weighted by Gasteiger charge is 2.12. The van der Waals surface area contributed by atoms with Crippen molar-refractivity contribution in [1.82, 2.24) is 25.2 Å². The van der Waals surface area contributed by atoms with E-state index in [0.717, 1.165) is 16.8 Å². The molecular weight excluding hydrogens is 344 g/mol. The molecule has 3 N–H and O–H groups in total. The SMILES string of the molecule is CCON/C(=C/C(N)=O)c1nc(-c2cnn(-c3cccnc3)c2)ccc1C. The molecule has 0 fully saturated rings. The van der Waals surface area contributed by atoms with Crippen molar-refractivity contribution >= 4 is 11.6 Å². The molecule has 0 aromatic carbocycles. The van der Waals surface area contributed by atoms with Crippen molar-refractivity contribution in [1.29, 1.82) is 0 Å². The number of carbonyl (C=O) groups is 1. The van der Waals surface area contributed by atoms with Crippen LogP contribution in [0.25, 0.3) is 22.6 Å². The van der Waals surface area contributed by atoms with Gasteiger partial charge in [0, 0.05) is 24.0 Å². The fourth-order valence-corrected chi connectivity index (χ4v) is 2.49. The van der Waals surface area contributed by atoms with Crippen LogP contribution < -0.4 is 11.2 Å². The first kappa shape index (κ1) is 18.3. The lowest BCUT2D eigenvalue weighted by molar-refractivity contribution is -0.113. The third-order valence-electron chi connectivity index (χ3n) is 3.75. The Kier molecular flexibility index (Phi) is 5.58. The van der Waals surface area contributed by atoms with Gasteiger partial charge in [0.15, 0.2) is 0 Å². The number of pyridine rings is 2. The first-order chi connectivity index (χ1) is 13.1.